The zero-order valence-electron chi connectivity index (χ0n) is 7.20. The van der Waals surface area contributed by atoms with E-state index in [0.717, 1.165) is 12.3 Å². The number of alkyl halides is 2. The first-order valence-corrected chi connectivity index (χ1v) is 3.60. The van der Waals surface area contributed by atoms with Gasteiger partial charge in [0.05, 0.1) is 7.11 Å². The summed E-state index contributed by atoms with van der Waals surface area (Å²) in [6, 6.07) is 2.23. The number of carbonyl (C=O) groups is 1. The maximum Gasteiger partial charge on any atom is 0.384 e. The van der Waals surface area contributed by atoms with Crippen molar-refractivity contribution in [3.8, 4) is 5.75 Å². The van der Waals surface area contributed by atoms with Gasteiger partial charge >= 0.3 is 11.9 Å². The minimum absolute atomic E-state index is 0.135. The normalized spacial score (nSPS) is 11.1. The largest absolute Gasteiger partial charge is 0.497 e. The van der Waals surface area contributed by atoms with Crippen molar-refractivity contribution < 1.29 is 23.4 Å². The molecule has 0 aliphatic rings. The molecule has 1 heterocycles. The summed E-state index contributed by atoms with van der Waals surface area (Å²) in [4.78, 5) is 13.5. The van der Waals surface area contributed by atoms with Gasteiger partial charge in [0.15, 0.2) is 0 Å². The number of aromatic nitrogens is 1. The number of pyridine rings is 1. The molecule has 1 rings (SSSR count). The van der Waals surface area contributed by atoms with Gasteiger partial charge in [-0.3, -0.25) is 4.98 Å². The molecule has 1 aromatic heterocycles. The minimum Gasteiger partial charge on any atom is -0.497 e. The van der Waals surface area contributed by atoms with Crippen molar-refractivity contribution >= 4 is 5.97 Å². The van der Waals surface area contributed by atoms with Crippen molar-refractivity contribution in [2.75, 3.05) is 7.11 Å². The van der Waals surface area contributed by atoms with Crippen molar-refractivity contribution in [3.05, 3.63) is 24.0 Å². The lowest BCUT2D eigenvalue weighted by molar-refractivity contribution is -0.166. The van der Waals surface area contributed by atoms with Gasteiger partial charge in [0.25, 0.3) is 0 Å². The summed E-state index contributed by atoms with van der Waals surface area (Å²) in [6.45, 7) is 0. The Labute approximate surface area is 78.1 Å². The van der Waals surface area contributed by atoms with Crippen LogP contribution in [-0.4, -0.2) is 23.2 Å². The molecule has 0 aliphatic carbocycles. The molecule has 14 heavy (non-hydrogen) atoms. The number of nitrogens with zero attached hydrogens (tertiary/aromatic N) is 1. The molecular weight excluding hydrogens is 196 g/mol. The molecule has 0 saturated heterocycles. The molecule has 0 bridgehead atoms. The van der Waals surface area contributed by atoms with E-state index in [2.05, 4.69) is 9.72 Å². The Morgan fingerprint density at radius 2 is 2.29 bits per heavy atom. The van der Waals surface area contributed by atoms with Gasteiger partial charge < -0.3 is 9.84 Å². The number of halogens is 2. The fourth-order valence-electron chi connectivity index (χ4n) is 0.819. The van der Waals surface area contributed by atoms with Crippen LogP contribution in [-0.2, 0) is 10.7 Å². The lowest BCUT2D eigenvalue weighted by Crippen LogP contribution is -2.26. The monoisotopic (exact) mass is 203 g/mol. The van der Waals surface area contributed by atoms with Crippen molar-refractivity contribution in [3.63, 3.8) is 0 Å². The second-order valence-corrected chi connectivity index (χ2v) is 2.46. The van der Waals surface area contributed by atoms with Crippen LogP contribution in [0.5, 0.6) is 5.75 Å². The number of carboxylic acid groups (broad SMARTS) is 1. The number of rotatable bonds is 3. The van der Waals surface area contributed by atoms with Crippen LogP contribution in [0.1, 0.15) is 5.69 Å². The highest BCUT2D eigenvalue weighted by molar-refractivity contribution is 5.76. The Morgan fingerprint density at radius 3 is 2.79 bits per heavy atom. The zero-order valence-corrected chi connectivity index (χ0v) is 7.20. The molecule has 4 nitrogen and oxygen atoms in total. The van der Waals surface area contributed by atoms with E-state index >= 15 is 0 Å². The highest BCUT2D eigenvalue weighted by Crippen LogP contribution is 2.28. The first-order valence-electron chi connectivity index (χ1n) is 3.60. The molecular formula is C8H7F2NO3. The van der Waals surface area contributed by atoms with Crippen molar-refractivity contribution in [2.45, 2.75) is 5.92 Å². The van der Waals surface area contributed by atoms with Crippen LogP contribution in [0.15, 0.2) is 18.3 Å². The van der Waals surface area contributed by atoms with Crippen LogP contribution in [0.4, 0.5) is 8.78 Å². The van der Waals surface area contributed by atoms with Crippen molar-refractivity contribution in [1.29, 1.82) is 0 Å². The molecule has 0 amide bonds. The lowest BCUT2D eigenvalue weighted by Gasteiger charge is -2.10. The second-order valence-electron chi connectivity index (χ2n) is 2.46. The van der Waals surface area contributed by atoms with E-state index in [1.165, 1.54) is 13.2 Å². The molecule has 0 fully saturated rings. The fourth-order valence-corrected chi connectivity index (χ4v) is 0.819. The Bertz CT molecular complexity index is 354. The highest BCUT2D eigenvalue weighted by atomic mass is 19.3. The SMILES string of the molecule is COc1ccnc(C(F)(F)C(=O)O)c1. The summed E-state index contributed by atoms with van der Waals surface area (Å²) >= 11 is 0. The van der Waals surface area contributed by atoms with Crippen molar-refractivity contribution in [2.24, 2.45) is 0 Å². The van der Waals surface area contributed by atoms with Gasteiger partial charge in [0, 0.05) is 12.3 Å². The summed E-state index contributed by atoms with van der Waals surface area (Å²) in [5.41, 5.74) is -0.843. The number of carboxylic acids is 1. The second kappa shape index (κ2) is 3.57. The third kappa shape index (κ3) is 1.78. The summed E-state index contributed by atoms with van der Waals surface area (Å²) in [5.74, 6) is -6.09. The van der Waals surface area contributed by atoms with Gasteiger partial charge in [0.2, 0.25) is 0 Å². The lowest BCUT2D eigenvalue weighted by atomic mass is 10.2. The molecule has 0 spiro atoms. The van der Waals surface area contributed by atoms with Crippen molar-refractivity contribution in [1.82, 2.24) is 4.98 Å². The maximum absolute atomic E-state index is 12.9. The Hall–Kier alpha value is -1.72. The highest BCUT2D eigenvalue weighted by Gasteiger charge is 2.42. The third-order valence-corrected chi connectivity index (χ3v) is 1.56. The predicted molar refractivity (Wildman–Crippen MR) is 42.3 cm³/mol. The quantitative estimate of drug-likeness (QED) is 0.803. The van der Waals surface area contributed by atoms with Gasteiger partial charge in [-0.15, -0.1) is 0 Å². The van der Waals surface area contributed by atoms with E-state index in [1.54, 1.807) is 0 Å². The Balaban J connectivity index is 3.12. The summed E-state index contributed by atoms with van der Waals surface area (Å²) in [7, 11) is 1.29. The van der Waals surface area contributed by atoms with Crippen LogP contribution < -0.4 is 4.74 Å². The van der Waals surface area contributed by atoms with Gasteiger partial charge in [-0.25, -0.2) is 4.79 Å². The van der Waals surface area contributed by atoms with Gasteiger partial charge in [-0.05, 0) is 6.07 Å². The Kier molecular flexibility index (Phi) is 2.64. The van der Waals surface area contributed by atoms with Gasteiger partial charge in [0.1, 0.15) is 11.4 Å². The predicted octanol–water partition coefficient (Wildman–Crippen LogP) is 1.27. The standard InChI is InChI=1S/C8H7F2NO3/c1-14-5-2-3-11-6(4-5)8(9,10)7(12)13/h2-4H,1H3,(H,12,13). The summed E-state index contributed by atoms with van der Waals surface area (Å²) in [5, 5.41) is 8.23. The molecule has 1 aromatic rings. The van der Waals surface area contributed by atoms with E-state index < -0.39 is 17.6 Å². The number of hydrogen-bond acceptors (Lipinski definition) is 3. The van der Waals surface area contributed by atoms with Crippen LogP contribution in [0.2, 0.25) is 0 Å². The molecule has 76 valence electrons. The smallest absolute Gasteiger partial charge is 0.384 e. The van der Waals surface area contributed by atoms with Crippen LogP contribution in [0, 0.1) is 0 Å². The molecule has 0 atom stereocenters. The molecule has 0 unspecified atom stereocenters. The number of methoxy groups -OCH3 is 1. The minimum atomic E-state index is -3.99. The number of aliphatic carboxylic acids is 1. The topological polar surface area (TPSA) is 59.4 Å². The van der Waals surface area contributed by atoms with E-state index in [0.29, 0.717) is 0 Å². The third-order valence-electron chi connectivity index (χ3n) is 1.56. The molecule has 0 radical (unpaired) electrons. The first kappa shape index (κ1) is 10.4. The van der Waals surface area contributed by atoms with E-state index in [4.69, 9.17) is 5.11 Å². The molecule has 0 saturated carbocycles. The average Bonchev–Trinajstić information content (AvgIpc) is 2.17. The number of hydrogen-bond donors (Lipinski definition) is 1. The van der Waals surface area contributed by atoms with Crippen LogP contribution >= 0.6 is 0 Å². The van der Waals surface area contributed by atoms with E-state index in [9.17, 15) is 13.6 Å². The maximum atomic E-state index is 12.9. The average molecular weight is 203 g/mol. The number of ether oxygens (including phenoxy) is 1. The van der Waals surface area contributed by atoms with E-state index in [1.807, 2.05) is 0 Å². The fraction of sp³-hybridized carbons (Fsp3) is 0.250. The molecule has 6 heteroatoms. The zero-order chi connectivity index (χ0) is 10.8. The summed E-state index contributed by atoms with van der Waals surface area (Å²) < 4.78 is 30.4. The molecule has 1 N–H and O–H groups in total. The van der Waals surface area contributed by atoms with E-state index in [-0.39, 0.29) is 5.75 Å². The molecule has 0 aromatic carbocycles. The van der Waals surface area contributed by atoms with Gasteiger partial charge in [-0.2, -0.15) is 8.78 Å². The van der Waals surface area contributed by atoms with Crippen LogP contribution in [0.25, 0.3) is 0 Å². The summed E-state index contributed by atoms with van der Waals surface area (Å²) in [6.07, 6.45) is 1.06. The van der Waals surface area contributed by atoms with Gasteiger partial charge in [-0.1, -0.05) is 0 Å². The first-order chi connectivity index (χ1) is 6.48. The van der Waals surface area contributed by atoms with Crippen LogP contribution in [0.3, 0.4) is 0 Å². The Morgan fingerprint density at radius 1 is 1.64 bits per heavy atom. The molecule has 0 aliphatic heterocycles.